The van der Waals surface area contributed by atoms with E-state index in [0.29, 0.717) is 16.9 Å². The van der Waals surface area contributed by atoms with Crippen LogP contribution >= 0.6 is 0 Å². The van der Waals surface area contributed by atoms with Crippen LogP contribution in [0.2, 0.25) is 0 Å². The van der Waals surface area contributed by atoms with Gasteiger partial charge in [0.15, 0.2) is 0 Å². The van der Waals surface area contributed by atoms with Crippen molar-refractivity contribution in [1.82, 2.24) is 5.32 Å². The fourth-order valence-electron chi connectivity index (χ4n) is 4.48. The number of nitrogens with one attached hydrogen (secondary N) is 1. The summed E-state index contributed by atoms with van der Waals surface area (Å²) in [4.78, 5) is 0. The summed E-state index contributed by atoms with van der Waals surface area (Å²) in [5, 5.41) is 3.42. The molecule has 1 aromatic rings. The van der Waals surface area contributed by atoms with Crippen molar-refractivity contribution in [2.75, 3.05) is 6.54 Å². The van der Waals surface area contributed by atoms with Crippen LogP contribution < -0.4 is 5.32 Å². The van der Waals surface area contributed by atoms with Gasteiger partial charge in [0.2, 0.25) is 0 Å². The number of ether oxygens (including phenoxy) is 1. The average Bonchev–Trinajstić information content (AvgIpc) is 3.05. The molecule has 3 nitrogen and oxygen atoms in total. The largest absolute Gasteiger partial charge is 0.468 e. The van der Waals surface area contributed by atoms with E-state index in [9.17, 15) is 0 Å². The second kappa shape index (κ2) is 5.44. The molecule has 0 amide bonds. The van der Waals surface area contributed by atoms with E-state index in [-0.39, 0.29) is 6.10 Å². The molecule has 0 saturated heterocycles. The van der Waals surface area contributed by atoms with E-state index >= 15 is 0 Å². The third-order valence-electron chi connectivity index (χ3n) is 6.42. The van der Waals surface area contributed by atoms with Gasteiger partial charge in [0.25, 0.3) is 0 Å². The predicted molar refractivity (Wildman–Crippen MR) is 84.0 cm³/mol. The molecule has 1 aromatic heterocycles. The van der Waals surface area contributed by atoms with Gasteiger partial charge in [-0.15, -0.1) is 0 Å². The summed E-state index contributed by atoms with van der Waals surface area (Å²) >= 11 is 0. The second-order valence-electron chi connectivity index (χ2n) is 7.76. The maximum atomic E-state index is 6.41. The maximum absolute atomic E-state index is 6.41. The van der Waals surface area contributed by atoms with Crippen molar-refractivity contribution >= 4 is 0 Å². The molecule has 2 bridgehead atoms. The van der Waals surface area contributed by atoms with Crippen LogP contribution in [0.4, 0.5) is 0 Å². The Morgan fingerprint density at radius 1 is 1.43 bits per heavy atom. The van der Waals surface area contributed by atoms with Crippen LogP contribution in [-0.2, 0) is 11.3 Å². The van der Waals surface area contributed by atoms with Crippen molar-refractivity contribution in [2.24, 2.45) is 16.7 Å². The van der Waals surface area contributed by atoms with Crippen molar-refractivity contribution in [1.29, 1.82) is 0 Å². The van der Waals surface area contributed by atoms with Gasteiger partial charge in [-0.2, -0.15) is 0 Å². The Hall–Kier alpha value is -0.800. The molecule has 21 heavy (non-hydrogen) atoms. The maximum Gasteiger partial charge on any atom is 0.117 e. The highest BCUT2D eigenvalue weighted by molar-refractivity contribution is 5.11. The van der Waals surface area contributed by atoms with Crippen molar-refractivity contribution < 1.29 is 9.15 Å². The fourth-order valence-corrected chi connectivity index (χ4v) is 4.48. The summed E-state index contributed by atoms with van der Waals surface area (Å²) in [6.45, 7) is 11.1. The van der Waals surface area contributed by atoms with Crippen LogP contribution in [0, 0.1) is 16.7 Å². The first-order chi connectivity index (χ1) is 9.93. The van der Waals surface area contributed by atoms with Gasteiger partial charge in [-0.3, -0.25) is 0 Å². The summed E-state index contributed by atoms with van der Waals surface area (Å²) in [5.74, 6) is 1.82. The highest BCUT2D eigenvalue weighted by Gasteiger charge is 2.62. The van der Waals surface area contributed by atoms with Crippen LogP contribution in [0.25, 0.3) is 0 Å². The first-order valence-corrected chi connectivity index (χ1v) is 8.32. The van der Waals surface area contributed by atoms with Crippen LogP contribution in [0.15, 0.2) is 22.8 Å². The fraction of sp³-hybridized carbons (Fsp3) is 0.778. The molecule has 3 heteroatoms. The van der Waals surface area contributed by atoms with Crippen LogP contribution in [0.1, 0.15) is 52.7 Å². The third kappa shape index (κ3) is 2.55. The summed E-state index contributed by atoms with van der Waals surface area (Å²) in [7, 11) is 0. The van der Waals surface area contributed by atoms with Crippen molar-refractivity contribution in [3.05, 3.63) is 24.2 Å². The van der Waals surface area contributed by atoms with E-state index in [4.69, 9.17) is 9.15 Å². The predicted octanol–water partition coefficient (Wildman–Crippen LogP) is 3.99. The normalized spacial score (nSPS) is 35.2. The summed E-state index contributed by atoms with van der Waals surface area (Å²) in [5.41, 5.74) is 0.784. The van der Waals surface area contributed by atoms with E-state index in [0.717, 1.165) is 24.8 Å². The minimum Gasteiger partial charge on any atom is -0.468 e. The number of hydrogen-bond acceptors (Lipinski definition) is 3. The molecule has 0 aliphatic heterocycles. The van der Waals surface area contributed by atoms with Gasteiger partial charge >= 0.3 is 0 Å². The van der Waals surface area contributed by atoms with Crippen molar-refractivity contribution in [3.63, 3.8) is 0 Å². The van der Waals surface area contributed by atoms with E-state index < -0.39 is 0 Å². The second-order valence-corrected chi connectivity index (χ2v) is 7.76. The van der Waals surface area contributed by atoms with Crippen molar-refractivity contribution in [2.45, 2.75) is 65.7 Å². The molecule has 118 valence electrons. The number of furan rings is 1. The Labute approximate surface area is 128 Å². The lowest BCUT2D eigenvalue weighted by molar-refractivity contribution is -0.0792. The zero-order valence-electron chi connectivity index (χ0n) is 13.8. The summed E-state index contributed by atoms with van der Waals surface area (Å²) in [6, 6.07) is 3.92. The zero-order valence-corrected chi connectivity index (χ0v) is 13.8. The Bertz CT molecular complexity index is 468. The third-order valence-corrected chi connectivity index (χ3v) is 6.42. The van der Waals surface area contributed by atoms with Gasteiger partial charge in [0, 0.05) is 6.54 Å². The standard InChI is InChI=1S/C18H29NO2/c1-13(11-19-12-15-6-5-9-20-15)21-16-10-14-7-8-18(16,4)17(14,2)3/h5-6,9,13-14,16,19H,7-8,10-12H2,1-4H3. The Morgan fingerprint density at radius 2 is 2.24 bits per heavy atom. The monoisotopic (exact) mass is 291 g/mol. The molecule has 4 unspecified atom stereocenters. The summed E-state index contributed by atoms with van der Waals surface area (Å²) < 4.78 is 11.7. The molecule has 0 aromatic carbocycles. The van der Waals surface area contributed by atoms with Gasteiger partial charge in [0.05, 0.1) is 25.0 Å². The quantitative estimate of drug-likeness (QED) is 0.860. The first-order valence-electron chi connectivity index (χ1n) is 8.32. The highest BCUT2D eigenvalue weighted by Crippen LogP contribution is 2.66. The van der Waals surface area contributed by atoms with E-state index in [1.807, 2.05) is 12.1 Å². The van der Waals surface area contributed by atoms with E-state index in [2.05, 4.69) is 33.0 Å². The Kier molecular flexibility index (Phi) is 3.91. The number of fused-ring (bicyclic) bond motifs is 2. The van der Waals surface area contributed by atoms with Gasteiger partial charge in [-0.1, -0.05) is 20.8 Å². The Morgan fingerprint density at radius 3 is 2.81 bits per heavy atom. The minimum absolute atomic E-state index is 0.247. The molecule has 1 N–H and O–H groups in total. The summed E-state index contributed by atoms with van der Waals surface area (Å²) in [6.07, 6.45) is 6.33. The SMILES string of the molecule is CC(CNCc1ccco1)OC1CC2CCC1(C)C2(C)C. The lowest BCUT2D eigenvalue weighted by Crippen LogP contribution is -2.40. The highest BCUT2D eigenvalue weighted by atomic mass is 16.5. The molecule has 2 aliphatic rings. The van der Waals surface area contributed by atoms with Gasteiger partial charge in [-0.05, 0) is 55.1 Å². The molecular weight excluding hydrogens is 262 g/mol. The Balaban J connectivity index is 1.48. The molecule has 2 aliphatic carbocycles. The molecule has 0 radical (unpaired) electrons. The lowest BCUT2D eigenvalue weighted by Gasteiger charge is -2.40. The van der Waals surface area contributed by atoms with Crippen LogP contribution in [-0.4, -0.2) is 18.8 Å². The molecule has 2 fully saturated rings. The number of hydrogen-bond donors (Lipinski definition) is 1. The molecular formula is C18H29NO2. The van der Waals surface area contributed by atoms with Crippen molar-refractivity contribution in [3.8, 4) is 0 Å². The van der Waals surface area contributed by atoms with E-state index in [1.165, 1.54) is 19.3 Å². The smallest absolute Gasteiger partial charge is 0.117 e. The minimum atomic E-state index is 0.247. The van der Waals surface area contributed by atoms with Gasteiger partial charge in [0.1, 0.15) is 5.76 Å². The van der Waals surface area contributed by atoms with Crippen LogP contribution in [0.3, 0.4) is 0 Å². The van der Waals surface area contributed by atoms with Gasteiger partial charge in [-0.25, -0.2) is 0 Å². The zero-order chi connectivity index (χ0) is 15.1. The first kappa shape index (κ1) is 15.1. The molecule has 3 rings (SSSR count). The van der Waals surface area contributed by atoms with E-state index in [1.54, 1.807) is 6.26 Å². The molecule has 2 saturated carbocycles. The average molecular weight is 291 g/mol. The van der Waals surface area contributed by atoms with Crippen LogP contribution in [0.5, 0.6) is 0 Å². The topological polar surface area (TPSA) is 34.4 Å². The molecule has 1 heterocycles. The molecule has 0 spiro atoms. The lowest BCUT2D eigenvalue weighted by atomic mass is 9.70. The molecule has 4 atom stereocenters. The number of rotatable bonds is 6. The van der Waals surface area contributed by atoms with Gasteiger partial charge < -0.3 is 14.5 Å².